The molecule has 0 aliphatic carbocycles. The van der Waals surface area contributed by atoms with Crippen LogP contribution in [-0.2, 0) is 26.2 Å². The largest absolute Gasteiger partial charge is 0.461 e. The van der Waals surface area contributed by atoms with Crippen LogP contribution < -0.4 is 20.9 Å². The number of amidine groups is 1. The van der Waals surface area contributed by atoms with Crippen molar-refractivity contribution in [2.24, 2.45) is 10.9 Å². The Bertz CT molecular complexity index is 1250. The molecule has 170 valence electrons. The molecule has 0 spiro atoms. The van der Waals surface area contributed by atoms with Gasteiger partial charge in [0, 0.05) is 30.2 Å². The molecule has 0 aliphatic heterocycles. The zero-order valence-electron chi connectivity index (χ0n) is 17.6. The third-order valence-electron chi connectivity index (χ3n) is 4.77. The first-order chi connectivity index (χ1) is 15.1. The molecule has 1 unspecified atom stereocenters. The Hall–Kier alpha value is -3.41. The van der Waals surface area contributed by atoms with Gasteiger partial charge in [-0.05, 0) is 60.5 Å². The molecule has 1 atom stereocenters. The van der Waals surface area contributed by atoms with Crippen molar-refractivity contribution in [1.29, 1.82) is 5.41 Å². The van der Waals surface area contributed by atoms with Gasteiger partial charge in [-0.2, -0.15) is 8.42 Å². The molecular weight excluding hydrogens is 434 g/mol. The smallest absolute Gasteiger partial charge is 0.298 e. The molecule has 1 amide bonds. The van der Waals surface area contributed by atoms with Gasteiger partial charge in [-0.1, -0.05) is 0 Å². The zero-order valence-corrected chi connectivity index (χ0v) is 18.5. The molecule has 0 aliphatic rings. The van der Waals surface area contributed by atoms with Crippen LogP contribution in [0.15, 0.2) is 46.9 Å². The number of carbonyl (C=O) groups is 1. The molecule has 0 radical (unpaired) electrons. The van der Waals surface area contributed by atoms with Gasteiger partial charge in [-0.3, -0.25) is 10.2 Å². The number of hydrogen-bond acceptors (Lipinski definition) is 7. The van der Waals surface area contributed by atoms with E-state index in [4.69, 9.17) is 25.4 Å². The third-order valence-corrected chi connectivity index (χ3v) is 5.26. The van der Waals surface area contributed by atoms with Gasteiger partial charge in [0.15, 0.2) is 0 Å². The van der Waals surface area contributed by atoms with Gasteiger partial charge in [-0.15, -0.1) is 0 Å². The molecule has 3 rings (SSSR count). The predicted molar refractivity (Wildman–Crippen MR) is 122 cm³/mol. The first kappa shape index (κ1) is 23.3. The highest BCUT2D eigenvalue weighted by Gasteiger charge is 2.25. The van der Waals surface area contributed by atoms with Crippen molar-refractivity contribution in [3.8, 4) is 0 Å². The van der Waals surface area contributed by atoms with E-state index in [0.29, 0.717) is 35.4 Å². The van der Waals surface area contributed by atoms with Crippen LogP contribution >= 0.6 is 0 Å². The summed E-state index contributed by atoms with van der Waals surface area (Å²) in [7, 11) is -2.66. The van der Waals surface area contributed by atoms with Gasteiger partial charge in [-0.25, -0.2) is 9.86 Å². The van der Waals surface area contributed by atoms with Crippen molar-refractivity contribution in [3.05, 3.63) is 64.9 Å². The van der Waals surface area contributed by atoms with Gasteiger partial charge in [0.1, 0.15) is 23.2 Å². The fourth-order valence-electron chi connectivity index (χ4n) is 3.32. The molecule has 11 heteroatoms. The SMILES string of the molecule is COCCc1cc2cc(C(Nc3ccc(C(=N)N)cc3)C(=O)NS(N)(=O)=O)cc(C)c2o1. The monoisotopic (exact) mass is 459 g/mol. The highest BCUT2D eigenvalue weighted by Crippen LogP contribution is 2.29. The van der Waals surface area contributed by atoms with Crippen molar-refractivity contribution in [2.75, 3.05) is 19.0 Å². The van der Waals surface area contributed by atoms with Gasteiger partial charge in [0.05, 0.1) is 6.61 Å². The van der Waals surface area contributed by atoms with E-state index < -0.39 is 22.2 Å². The Kier molecular flexibility index (Phi) is 6.82. The van der Waals surface area contributed by atoms with E-state index in [2.05, 4.69) is 5.32 Å². The van der Waals surface area contributed by atoms with E-state index >= 15 is 0 Å². The van der Waals surface area contributed by atoms with Crippen molar-refractivity contribution in [3.63, 3.8) is 0 Å². The number of nitrogens with one attached hydrogen (secondary N) is 3. The molecule has 32 heavy (non-hydrogen) atoms. The summed E-state index contributed by atoms with van der Waals surface area (Å²) in [6.45, 7) is 2.34. The van der Waals surface area contributed by atoms with Gasteiger partial charge < -0.3 is 20.2 Å². The van der Waals surface area contributed by atoms with Crippen molar-refractivity contribution in [1.82, 2.24) is 4.72 Å². The van der Waals surface area contributed by atoms with Gasteiger partial charge >= 0.3 is 0 Å². The molecular formula is C21H25N5O5S. The molecule has 0 fully saturated rings. The Balaban J connectivity index is 2.00. The summed E-state index contributed by atoms with van der Waals surface area (Å²) >= 11 is 0. The lowest BCUT2D eigenvalue weighted by Gasteiger charge is -2.20. The molecule has 1 aromatic heterocycles. The van der Waals surface area contributed by atoms with Crippen LogP contribution in [0.1, 0.15) is 28.5 Å². The summed E-state index contributed by atoms with van der Waals surface area (Å²) in [5.41, 5.74) is 8.49. The topological polar surface area (TPSA) is 174 Å². The summed E-state index contributed by atoms with van der Waals surface area (Å²) in [5.74, 6) is -0.198. The number of fused-ring (bicyclic) bond motifs is 1. The van der Waals surface area contributed by atoms with Crippen LogP contribution in [0.2, 0.25) is 0 Å². The van der Waals surface area contributed by atoms with Crippen molar-refractivity contribution < 1.29 is 22.4 Å². The number of carbonyl (C=O) groups excluding carboxylic acids is 1. The lowest BCUT2D eigenvalue weighted by Crippen LogP contribution is -2.41. The second-order valence-corrected chi connectivity index (χ2v) is 8.59. The van der Waals surface area contributed by atoms with Crippen LogP contribution in [0.3, 0.4) is 0 Å². The molecule has 1 heterocycles. The van der Waals surface area contributed by atoms with Crippen LogP contribution in [0, 0.1) is 12.3 Å². The Morgan fingerprint density at radius 1 is 1.22 bits per heavy atom. The Labute approximate surface area is 185 Å². The number of rotatable bonds is 9. The van der Waals surface area contributed by atoms with Gasteiger partial charge in [0.25, 0.3) is 16.1 Å². The number of nitrogen functional groups attached to an aromatic ring is 1. The second kappa shape index (κ2) is 9.39. The zero-order chi connectivity index (χ0) is 23.5. The lowest BCUT2D eigenvalue weighted by atomic mass is 10.0. The van der Waals surface area contributed by atoms with Crippen molar-refractivity contribution in [2.45, 2.75) is 19.4 Å². The van der Waals surface area contributed by atoms with Crippen molar-refractivity contribution >= 4 is 38.6 Å². The van der Waals surface area contributed by atoms with E-state index in [1.165, 1.54) is 0 Å². The second-order valence-electron chi connectivity index (χ2n) is 7.29. The average Bonchev–Trinajstić information content (AvgIpc) is 3.13. The van der Waals surface area contributed by atoms with E-state index in [1.807, 2.05) is 17.7 Å². The fourth-order valence-corrected chi connectivity index (χ4v) is 3.71. The standard InChI is InChI=1S/C21H25N5O5S/c1-12-9-14(10-15-11-17(7-8-30-2)31-19(12)15)18(21(27)26-32(24,28)29)25-16-5-3-13(4-6-16)20(22)23/h3-6,9-11,18,25H,7-8H2,1-2H3,(H3,22,23)(H,26,27)(H2,24,28,29). The van der Waals surface area contributed by atoms with E-state index in [-0.39, 0.29) is 5.84 Å². The molecule has 0 bridgehead atoms. The number of ether oxygens (including phenoxy) is 1. The van der Waals surface area contributed by atoms with E-state index in [0.717, 1.165) is 16.7 Å². The minimum atomic E-state index is -4.26. The summed E-state index contributed by atoms with van der Waals surface area (Å²) < 4.78 is 35.8. The number of nitrogens with two attached hydrogens (primary N) is 2. The Morgan fingerprint density at radius 3 is 2.50 bits per heavy atom. The van der Waals surface area contributed by atoms with Gasteiger partial charge in [0.2, 0.25) is 0 Å². The Morgan fingerprint density at radius 2 is 1.91 bits per heavy atom. The first-order valence-corrected chi connectivity index (χ1v) is 11.2. The van der Waals surface area contributed by atoms with Crippen LogP contribution in [-0.4, -0.2) is 33.9 Å². The number of amides is 1. The minimum Gasteiger partial charge on any atom is -0.461 e. The fraction of sp³-hybridized carbons (Fsp3) is 0.238. The number of benzene rings is 2. The summed E-state index contributed by atoms with van der Waals surface area (Å²) in [6, 6.07) is 10.8. The summed E-state index contributed by atoms with van der Waals surface area (Å²) in [4.78, 5) is 12.8. The predicted octanol–water partition coefficient (Wildman–Crippen LogP) is 1.69. The summed E-state index contributed by atoms with van der Waals surface area (Å²) in [6.07, 6.45) is 0.593. The molecule has 0 saturated heterocycles. The van der Waals surface area contributed by atoms with Crippen LogP contribution in [0.25, 0.3) is 11.0 Å². The average molecular weight is 460 g/mol. The maximum atomic E-state index is 12.8. The normalized spacial score (nSPS) is 12.5. The number of furan rings is 1. The first-order valence-electron chi connectivity index (χ1n) is 9.64. The maximum Gasteiger partial charge on any atom is 0.298 e. The number of anilines is 1. The summed E-state index contributed by atoms with van der Waals surface area (Å²) in [5, 5.41) is 16.3. The molecule has 0 saturated carbocycles. The van der Waals surface area contributed by atoms with Crippen LogP contribution in [0.5, 0.6) is 0 Å². The quantitative estimate of drug-likeness (QED) is 0.239. The lowest BCUT2D eigenvalue weighted by molar-refractivity contribution is -0.120. The van der Waals surface area contributed by atoms with E-state index in [1.54, 1.807) is 43.5 Å². The number of aryl methyl sites for hydroxylation is 1. The van der Waals surface area contributed by atoms with E-state index in [9.17, 15) is 13.2 Å². The van der Waals surface area contributed by atoms with Crippen LogP contribution in [0.4, 0.5) is 5.69 Å². The molecule has 2 aromatic carbocycles. The third kappa shape index (κ3) is 5.63. The maximum absolute atomic E-state index is 12.8. The molecule has 10 nitrogen and oxygen atoms in total. The minimum absolute atomic E-state index is 0.0922. The highest BCUT2D eigenvalue weighted by molar-refractivity contribution is 7.87. The number of hydrogen-bond donors (Lipinski definition) is 5. The molecule has 3 aromatic rings. The highest BCUT2D eigenvalue weighted by atomic mass is 32.2. The number of methoxy groups -OCH3 is 1. The molecule has 7 N–H and O–H groups in total.